The van der Waals surface area contributed by atoms with E-state index in [0.29, 0.717) is 18.2 Å². The number of aryl methyl sites for hydroxylation is 2. The summed E-state index contributed by atoms with van der Waals surface area (Å²) in [7, 11) is 0. The molecule has 0 spiro atoms. The molecule has 1 unspecified atom stereocenters. The van der Waals surface area contributed by atoms with Gasteiger partial charge in [-0.1, -0.05) is 6.92 Å². The summed E-state index contributed by atoms with van der Waals surface area (Å²) in [6, 6.07) is 4.48. The van der Waals surface area contributed by atoms with Crippen LogP contribution in [0.2, 0.25) is 0 Å². The molecule has 0 saturated heterocycles. The number of aromatic nitrogens is 3. The molecule has 2 heterocycles. The van der Waals surface area contributed by atoms with Crippen LogP contribution in [0.1, 0.15) is 30.5 Å². The second kappa shape index (κ2) is 8.19. The summed E-state index contributed by atoms with van der Waals surface area (Å²) in [4.78, 5) is 24.4. The first-order chi connectivity index (χ1) is 10.6. The van der Waals surface area contributed by atoms with Crippen LogP contribution in [-0.4, -0.2) is 27.4 Å². The van der Waals surface area contributed by atoms with Crippen molar-refractivity contribution >= 4 is 45.6 Å². The van der Waals surface area contributed by atoms with Crippen LogP contribution in [0.5, 0.6) is 0 Å². The fourth-order valence-corrected chi connectivity index (χ4v) is 3.53. The highest BCUT2D eigenvalue weighted by atomic mass is 79.9. The average molecular weight is 384 g/mol. The van der Waals surface area contributed by atoms with Gasteiger partial charge in [0.2, 0.25) is 18.3 Å². The minimum Gasteiger partial charge on any atom is -0.351 e. The summed E-state index contributed by atoms with van der Waals surface area (Å²) in [6.07, 6.45) is 3.52. The van der Waals surface area contributed by atoms with Gasteiger partial charge >= 0.3 is 0 Å². The number of hydrogen-bond acceptors (Lipinski definition) is 6. The first kappa shape index (κ1) is 16.8. The van der Waals surface area contributed by atoms with E-state index in [9.17, 15) is 4.79 Å². The lowest BCUT2D eigenvalue weighted by Gasteiger charge is -2.17. The van der Waals surface area contributed by atoms with Crippen molar-refractivity contribution in [2.75, 3.05) is 10.6 Å². The van der Waals surface area contributed by atoms with Crippen LogP contribution in [0.25, 0.3) is 0 Å². The van der Waals surface area contributed by atoms with Crippen LogP contribution in [0.3, 0.4) is 0 Å². The second-order valence-electron chi connectivity index (χ2n) is 4.79. The molecular formula is C14H18BrN5OS. The zero-order chi connectivity index (χ0) is 15.9. The lowest BCUT2D eigenvalue weighted by molar-refractivity contribution is -0.105. The maximum atomic E-state index is 10.5. The molecule has 1 amide bonds. The van der Waals surface area contributed by atoms with Gasteiger partial charge in [0.25, 0.3) is 0 Å². The van der Waals surface area contributed by atoms with E-state index in [0.717, 1.165) is 23.0 Å². The molecule has 6 nitrogen and oxygen atoms in total. The Morgan fingerprint density at radius 2 is 2.09 bits per heavy atom. The third-order valence-electron chi connectivity index (χ3n) is 3.13. The first-order valence-electron chi connectivity index (χ1n) is 7.04. The van der Waals surface area contributed by atoms with Crippen LogP contribution in [0, 0.1) is 6.92 Å². The third-order valence-corrected chi connectivity index (χ3v) is 4.81. The molecule has 0 aliphatic carbocycles. The largest absolute Gasteiger partial charge is 0.351 e. The molecule has 1 atom stereocenters. The number of hydrogen-bond donors (Lipinski definition) is 2. The molecule has 0 aromatic carbocycles. The number of thiophene rings is 1. The van der Waals surface area contributed by atoms with Gasteiger partial charge in [-0.25, -0.2) is 0 Å². The second-order valence-corrected chi connectivity index (χ2v) is 7.33. The van der Waals surface area contributed by atoms with Crippen molar-refractivity contribution in [1.29, 1.82) is 0 Å². The van der Waals surface area contributed by atoms with Gasteiger partial charge in [0.15, 0.2) is 0 Å². The topological polar surface area (TPSA) is 79.8 Å². The zero-order valence-corrected chi connectivity index (χ0v) is 14.9. The number of anilines is 2. The van der Waals surface area contributed by atoms with Crippen molar-refractivity contribution in [3.63, 3.8) is 0 Å². The van der Waals surface area contributed by atoms with E-state index in [2.05, 4.69) is 60.6 Å². The number of amides is 1. The van der Waals surface area contributed by atoms with Crippen molar-refractivity contribution in [1.82, 2.24) is 15.0 Å². The quantitative estimate of drug-likeness (QED) is 0.682. The Bertz CT molecular complexity index is 633. The highest BCUT2D eigenvalue weighted by molar-refractivity contribution is 9.11. The van der Waals surface area contributed by atoms with Gasteiger partial charge < -0.3 is 5.32 Å². The van der Waals surface area contributed by atoms with Crippen molar-refractivity contribution in [3.8, 4) is 0 Å². The molecule has 2 aromatic heterocycles. The Morgan fingerprint density at radius 1 is 1.32 bits per heavy atom. The smallest absolute Gasteiger partial charge is 0.234 e. The Kier molecular flexibility index (Phi) is 6.26. The molecule has 0 bridgehead atoms. The van der Waals surface area contributed by atoms with Gasteiger partial charge in [0, 0.05) is 10.9 Å². The minimum atomic E-state index is 0.266. The van der Waals surface area contributed by atoms with E-state index in [1.807, 2.05) is 0 Å². The molecule has 0 aliphatic heterocycles. The molecule has 2 N–H and O–H groups in total. The van der Waals surface area contributed by atoms with Gasteiger partial charge in [-0.2, -0.15) is 15.0 Å². The van der Waals surface area contributed by atoms with Crippen molar-refractivity contribution in [2.24, 2.45) is 0 Å². The molecular weight excluding hydrogens is 366 g/mol. The van der Waals surface area contributed by atoms with Crippen molar-refractivity contribution < 1.29 is 4.79 Å². The number of halogens is 1. The van der Waals surface area contributed by atoms with Crippen molar-refractivity contribution in [2.45, 2.75) is 39.2 Å². The molecule has 0 saturated carbocycles. The Morgan fingerprint density at radius 3 is 2.73 bits per heavy atom. The van der Waals surface area contributed by atoms with Crippen LogP contribution < -0.4 is 10.6 Å². The van der Waals surface area contributed by atoms with Gasteiger partial charge in [-0.15, -0.1) is 11.3 Å². The molecule has 0 radical (unpaired) electrons. The lowest BCUT2D eigenvalue weighted by atomic mass is 10.1. The standard InChI is InChI=1S/C14H18BrN5OS/c1-3-10(4-5-11-6-7-12(15)22-11)19-14-18-9(2)17-13(20-14)16-8-21/h6-8,10H,3-5H2,1-2H3,(H2,16,17,18,19,20,21). The minimum absolute atomic E-state index is 0.266. The highest BCUT2D eigenvalue weighted by Gasteiger charge is 2.11. The average Bonchev–Trinajstić information content (AvgIpc) is 2.89. The Labute approximate surface area is 141 Å². The zero-order valence-electron chi connectivity index (χ0n) is 12.5. The van der Waals surface area contributed by atoms with E-state index in [1.165, 1.54) is 4.88 Å². The summed E-state index contributed by atoms with van der Waals surface area (Å²) in [6.45, 7) is 3.90. The number of nitrogens with one attached hydrogen (secondary N) is 2. The first-order valence-corrected chi connectivity index (χ1v) is 8.65. The monoisotopic (exact) mass is 383 g/mol. The van der Waals surface area contributed by atoms with Gasteiger partial charge in [-0.05, 0) is 54.2 Å². The van der Waals surface area contributed by atoms with E-state index in [1.54, 1.807) is 18.3 Å². The molecule has 2 rings (SSSR count). The van der Waals surface area contributed by atoms with Crippen LogP contribution in [-0.2, 0) is 11.2 Å². The van der Waals surface area contributed by atoms with Crippen LogP contribution in [0.15, 0.2) is 15.9 Å². The maximum Gasteiger partial charge on any atom is 0.234 e. The maximum absolute atomic E-state index is 10.5. The van der Waals surface area contributed by atoms with E-state index in [4.69, 9.17) is 0 Å². The molecule has 8 heteroatoms. The van der Waals surface area contributed by atoms with E-state index in [-0.39, 0.29) is 12.0 Å². The highest BCUT2D eigenvalue weighted by Crippen LogP contribution is 2.24. The summed E-state index contributed by atoms with van der Waals surface area (Å²) < 4.78 is 1.15. The number of carbonyl (C=O) groups is 1. The molecule has 0 fully saturated rings. The summed E-state index contributed by atoms with van der Waals surface area (Å²) in [5.41, 5.74) is 0. The lowest BCUT2D eigenvalue weighted by Crippen LogP contribution is -2.21. The summed E-state index contributed by atoms with van der Waals surface area (Å²) in [5, 5.41) is 5.77. The van der Waals surface area contributed by atoms with Crippen molar-refractivity contribution in [3.05, 3.63) is 26.6 Å². The summed E-state index contributed by atoms with van der Waals surface area (Å²) >= 11 is 5.24. The van der Waals surface area contributed by atoms with Gasteiger partial charge in [-0.3, -0.25) is 10.1 Å². The van der Waals surface area contributed by atoms with Gasteiger partial charge in [0.05, 0.1) is 3.79 Å². The van der Waals surface area contributed by atoms with Crippen LogP contribution in [0.4, 0.5) is 11.9 Å². The molecule has 0 aliphatic rings. The predicted octanol–water partition coefficient (Wildman–Crippen LogP) is 3.40. The molecule has 118 valence electrons. The SMILES string of the molecule is CCC(CCc1ccc(Br)s1)Nc1nc(C)nc(NC=O)n1. The van der Waals surface area contributed by atoms with E-state index >= 15 is 0 Å². The molecule has 2 aromatic rings. The van der Waals surface area contributed by atoms with Gasteiger partial charge in [0.1, 0.15) is 5.82 Å². The Balaban J connectivity index is 1.98. The number of carbonyl (C=O) groups excluding carboxylic acids is 1. The van der Waals surface area contributed by atoms with E-state index < -0.39 is 0 Å². The fourth-order valence-electron chi connectivity index (χ4n) is 2.03. The Hall–Kier alpha value is -1.54. The predicted molar refractivity (Wildman–Crippen MR) is 92.3 cm³/mol. The summed E-state index contributed by atoms with van der Waals surface area (Å²) in [5.74, 6) is 1.33. The third kappa shape index (κ3) is 5.03. The fraction of sp³-hybridized carbons (Fsp3) is 0.429. The van der Waals surface area contributed by atoms with Crippen LogP contribution >= 0.6 is 27.3 Å². The molecule has 22 heavy (non-hydrogen) atoms. The number of nitrogens with zero attached hydrogens (tertiary/aromatic N) is 3. The number of rotatable bonds is 8. The normalized spacial score (nSPS) is 12.0.